The standard InChI is InChI=1S/C14H21N3O3.ClH/c1-16-13(18)11-5-3-4-10(8-11)6-7-17-14(19)12(15)9-20-2;/h3-5,8,12H,6-7,9,15H2,1-2H3,(H,16,18)(H,17,19);1H. The third-order valence-corrected chi connectivity index (χ3v) is 2.81. The maximum absolute atomic E-state index is 11.6. The van der Waals surface area contributed by atoms with Crippen molar-refractivity contribution in [2.24, 2.45) is 5.73 Å². The Morgan fingerprint density at radius 1 is 1.38 bits per heavy atom. The molecule has 4 N–H and O–H groups in total. The molecule has 6 nitrogen and oxygen atoms in total. The first-order chi connectivity index (χ1) is 9.58. The number of carbonyl (C=O) groups is 2. The van der Waals surface area contributed by atoms with E-state index in [0.29, 0.717) is 18.5 Å². The average Bonchev–Trinajstić information content (AvgIpc) is 2.46. The highest BCUT2D eigenvalue weighted by atomic mass is 35.5. The van der Waals surface area contributed by atoms with Gasteiger partial charge in [0.25, 0.3) is 5.91 Å². The third kappa shape index (κ3) is 6.57. The lowest BCUT2D eigenvalue weighted by Gasteiger charge is -2.11. The number of hydrogen-bond acceptors (Lipinski definition) is 4. The van der Waals surface area contributed by atoms with E-state index >= 15 is 0 Å². The van der Waals surface area contributed by atoms with Crippen LogP contribution in [-0.4, -0.2) is 45.2 Å². The lowest BCUT2D eigenvalue weighted by molar-refractivity contribution is -0.123. The lowest BCUT2D eigenvalue weighted by Crippen LogP contribution is -2.44. The van der Waals surface area contributed by atoms with Crippen molar-refractivity contribution < 1.29 is 14.3 Å². The van der Waals surface area contributed by atoms with Gasteiger partial charge in [-0.25, -0.2) is 0 Å². The molecule has 1 aromatic carbocycles. The fraction of sp³-hybridized carbons (Fsp3) is 0.429. The summed E-state index contributed by atoms with van der Waals surface area (Å²) in [6, 6.07) is 6.62. The number of amides is 2. The molecule has 0 saturated heterocycles. The minimum atomic E-state index is -0.655. The minimum Gasteiger partial charge on any atom is -0.383 e. The number of nitrogens with one attached hydrogen (secondary N) is 2. The number of methoxy groups -OCH3 is 1. The SMILES string of the molecule is CNC(=O)c1cccc(CCNC(=O)C(N)COC)c1.Cl. The molecule has 2 amide bonds. The van der Waals surface area contributed by atoms with Crippen LogP contribution in [-0.2, 0) is 16.0 Å². The number of ether oxygens (including phenoxy) is 1. The van der Waals surface area contributed by atoms with E-state index in [1.807, 2.05) is 12.1 Å². The van der Waals surface area contributed by atoms with Gasteiger partial charge in [0, 0.05) is 26.3 Å². The zero-order valence-corrected chi connectivity index (χ0v) is 13.0. The summed E-state index contributed by atoms with van der Waals surface area (Å²) in [5.41, 5.74) is 7.18. The molecular weight excluding hydrogens is 294 g/mol. The summed E-state index contributed by atoms with van der Waals surface area (Å²) in [7, 11) is 3.09. The molecule has 0 aliphatic carbocycles. The van der Waals surface area contributed by atoms with Gasteiger partial charge < -0.3 is 21.1 Å². The summed E-state index contributed by atoms with van der Waals surface area (Å²) in [6.07, 6.45) is 0.635. The summed E-state index contributed by atoms with van der Waals surface area (Å²) in [5, 5.41) is 5.31. The van der Waals surface area contributed by atoms with Crippen LogP contribution in [0.2, 0.25) is 0 Å². The van der Waals surface area contributed by atoms with E-state index in [1.54, 1.807) is 19.2 Å². The largest absolute Gasteiger partial charge is 0.383 e. The van der Waals surface area contributed by atoms with Gasteiger partial charge in [0.15, 0.2) is 0 Å². The monoisotopic (exact) mass is 315 g/mol. The zero-order chi connectivity index (χ0) is 15.0. The zero-order valence-electron chi connectivity index (χ0n) is 12.2. The van der Waals surface area contributed by atoms with Gasteiger partial charge in [-0.1, -0.05) is 12.1 Å². The smallest absolute Gasteiger partial charge is 0.251 e. The fourth-order valence-corrected chi connectivity index (χ4v) is 1.73. The van der Waals surface area contributed by atoms with E-state index in [9.17, 15) is 9.59 Å². The molecule has 0 saturated carbocycles. The second-order valence-electron chi connectivity index (χ2n) is 4.38. The topological polar surface area (TPSA) is 93.5 Å². The first-order valence-electron chi connectivity index (χ1n) is 6.41. The van der Waals surface area contributed by atoms with Gasteiger partial charge in [0.2, 0.25) is 5.91 Å². The number of carbonyl (C=O) groups excluding carboxylic acids is 2. The van der Waals surface area contributed by atoms with Crippen molar-refractivity contribution in [3.05, 3.63) is 35.4 Å². The molecule has 7 heteroatoms. The summed E-state index contributed by atoms with van der Waals surface area (Å²) in [4.78, 5) is 23.1. The highest BCUT2D eigenvalue weighted by Crippen LogP contribution is 2.05. The van der Waals surface area contributed by atoms with Crippen LogP contribution in [0.5, 0.6) is 0 Å². The Bertz CT molecular complexity index is 469. The van der Waals surface area contributed by atoms with Crippen LogP contribution in [0.4, 0.5) is 0 Å². The number of benzene rings is 1. The van der Waals surface area contributed by atoms with Crippen molar-refractivity contribution in [2.45, 2.75) is 12.5 Å². The quantitative estimate of drug-likeness (QED) is 0.665. The van der Waals surface area contributed by atoms with Gasteiger partial charge in [-0.3, -0.25) is 9.59 Å². The molecule has 0 bridgehead atoms. The normalized spacial score (nSPS) is 11.2. The summed E-state index contributed by atoms with van der Waals surface area (Å²) < 4.78 is 4.81. The molecule has 0 spiro atoms. The van der Waals surface area contributed by atoms with Crippen LogP contribution in [0.3, 0.4) is 0 Å². The van der Waals surface area contributed by atoms with Crippen molar-refractivity contribution in [3.8, 4) is 0 Å². The molecule has 0 aliphatic rings. The van der Waals surface area contributed by atoms with Crippen molar-refractivity contribution in [3.63, 3.8) is 0 Å². The summed E-state index contributed by atoms with van der Waals surface area (Å²) >= 11 is 0. The van der Waals surface area contributed by atoms with E-state index < -0.39 is 6.04 Å². The van der Waals surface area contributed by atoms with Gasteiger partial charge >= 0.3 is 0 Å². The molecule has 1 unspecified atom stereocenters. The molecule has 0 aromatic heterocycles. The summed E-state index contributed by atoms with van der Waals surface area (Å²) in [5.74, 6) is -0.368. The van der Waals surface area contributed by atoms with Crippen molar-refractivity contribution >= 4 is 24.2 Å². The Balaban J connectivity index is 0.00000400. The molecule has 0 heterocycles. The maximum Gasteiger partial charge on any atom is 0.251 e. The molecule has 0 fully saturated rings. The Morgan fingerprint density at radius 3 is 2.71 bits per heavy atom. The predicted molar refractivity (Wildman–Crippen MR) is 83.6 cm³/mol. The van der Waals surface area contributed by atoms with Crippen LogP contribution in [0.25, 0.3) is 0 Å². The van der Waals surface area contributed by atoms with Gasteiger partial charge in [-0.2, -0.15) is 0 Å². The number of hydrogen-bond donors (Lipinski definition) is 3. The number of nitrogens with two attached hydrogens (primary N) is 1. The minimum absolute atomic E-state index is 0. The van der Waals surface area contributed by atoms with E-state index in [0.717, 1.165) is 5.56 Å². The van der Waals surface area contributed by atoms with E-state index in [-0.39, 0.29) is 30.8 Å². The Kier molecular flexibility index (Phi) is 9.36. The lowest BCUT2D eigenvalue weighted by atomic mass is 10.1. The number of rotatable bonds is 7. The van der Waals surface area contributed by atoms with Crippen molar-refractivity contribution in [1.82, 2.24) is 10.6 Å². The molecule has 21 heavy (non-hydrogen) atoms. The fourth-order valence-electron chi connectivity index (χ4n) is 1.73. The van der Waals surface area contributed by atoms with Crippen molar-refractivity contribution in [2.75, 3.05) is 27.3 Å². The summed E-state index contributed by atoms with van der Waals surface area (Å²) in [6.45, 7) is 0.658. The molecule has 1 rings (SSSR count). The second-order valence-corrected chi connectivity index (χ2v) is 4.38. The van der Waals surface area contributed by atoms with Gasteiger partial charge in [0.05, 0.1) is 6.61 Å². The molecule has 1 aromatic rings. The van der Waals surface area contributed by atoms with Crippen LogP contribution >= 0.6 is 12.4 Å². The first kappa shape index (κ1) is 19.4. The van der Waals surface area contributed by atoms with Gasteiger partial charge in [-0.05, 0) is 24.1 Å². The predicted octanol–water partition coefficient (Wildman–Crippen LogP) is 0.100. The third-order valence-electron chi connectivity index (χ3n) is 2.81. The average molecular weight is 316 g/mol. The Hall–Kier alpha value is -1.63. The highest BCUT2D eigenvalue weighted by molar-refractivity contribution is 5.94. The molecule has 118 valence electrons. The molecule has 1 atom stereocenters. The maximum atomic E-state index is 11.6. The van der Waals surface area contributed by atoms with Crippen LogP contribution in [0, 0.1) is 0 Å². The molecular formula is C14H22ClN3O3. The van der Waals surface area contributed by atoms with Crippen LogP contribution < -0.4 is 16.4 Å². The molecule has 0 radical (unpaired) electrons. The van der Waals surface area contributed by atoms with Crippen LogP contribution in [0.15, 0.2) is 24.3 Å². The Labute approximate surface area is 130 Å². The first-order valence-corrected chi connectivity index (χ1v) is 6.41. The second kappa shape index (κ2) is 10.1. The Morgan fingerprint density at radius 2 is 2.10 bits per heavy atom. The molecule has 0 aliphatic heterocycles. The van der Waals surface area contributed by atoms with E-state index in [4.69, 9.17) is 10.5 Å². The highest BCUT2D eigenvalue weighted by Gasteiger charge is 2.12. The van der Waals surface area contributed by atoms with E-state index in [1.165, 1.54) is 7.11 Å². The number of halogens is 1. The van der Waals surface area contributed by atoms with Crippen LogP contribution in [0.1, 0.15) is 15.9 Å². The van der Waals surface area contributed by atoms with Gasteiger partial charge in [0.1, 0.15) is 6.04 Å². The van der Waals surface area contributed by atoms with Crippen molar-refractivity contribution in [1.29, 1.82) is 0 Å². The van der Waals surface area contributed by atoms with Gasteiger partial charge in [-0.15, -0.1) is 12.4 Å². The van der Waals surface area contributed by atoms with E-state index in [2.05, 4.69) is 10.6 Å².